The van der Waals surface area contributed by atoms with Gasteiger partial charge < -0.3 is 10.1 Å². The number of carbonyl (C=O) groups excluding carboxylic acids is 1. The van der Waals surface area contributed by atoms with Crippen LogP contribution in [0.3, 0.4) is 0 Å². The van der Waals surface area contributed by atoms with E-state index < -0.39 is 0 Å². The molecule has 0 fully saturated rings. The van der Waals surface area contributed by atoms with Crippen LogP contribution in [0.25, 0.3) is 11.4 Å². The Kier molecular flexibility index (Phi) is 4.78. The predicted octanol–water partition coefficient (Wildman–Crippen LogP) is 0.908. The fraction of sp³-hybridized carbons (Fsp3) is 0.385. The number of amides is 1. The molecule has 2 aromatic rings. The van der Waals surface area contributed by atoms with Crippen molar-refractivity contribution in [2.75, 3.05) is 6.61 Å². The molecule has 1 aromatic heterocycles. The number of carbonyl (C=O) groups is 1. The fourth-order valence-electron chi connectivity index (χ4n) is 1.60. The molecule has 0 saturated heterocycles. The number of benzene rings is 1. The molecule has 2 rings (SSSR count). The van der Waals surface area contributed by atoms with Crippen LogP contribution in [0.15, 0.2) is 24.3 Å². The molecule has 7 nitrogen and oxygen atoms in total. The lowest BCUT2D eigenvalue weighted by molar-refractivity contribution is -0.127. The third-order valence-electron chi connectivity index (χ3n) is 2.57. The Balaban J connectivity index is 1.90. The monoisotopic (exact) mass is 275 g/mol. The molecule has 0 aliphatic rings. The van der Waals surface area contributed by atoms with Gasteiger partial charge in [-0.2, -0.15) is 5.21 Å². The average Bonchev–Trinajstić information content (AvgIpc) is 2.97. The second-order valence-electron chi connectivity index (χ2n) is 4.57. The summed E-state index contributed by atoms with van der Waals surface area (Å²) in [5.74, 6) is 0.394. The van der Waals surface area contributed by atoms with E-state index in [-0.39, 0.29) is 18.6 Å². The van der Waals surface area contributed by atoms with Crippen molar-refractivity contribution in [2.45, 2.75) is 26.5 Å². The van der Waals surface area contributed by atoms with Crippen LogP contribution >= 0.6 is 0 Å². The zero-order chi connectivity index (χ0) is 14.4. The van der Waals surface area contributed by atoms with Gasteiger partial charge in [0.05, 0.1) is 6.10 Å². The Morgan fingerprint density at radius 2 is 2.30 bits per heavy atom. The molecule has 7 heteroatoms. The zero-order valence-corrected chi connectivity index (χ0v) is 11.5. The van der Waals surface area contributed by atoms with Crippen molar-refractivity contribution in [3.63, 3.8) is 0 Å². The van der Waals surface area contributed by atoms with Gasteiger partial charge in [-0.05, 0) is 30.7 Å². The van der Waals surface area contributed by atoms with E-state index in [0.717, 1.165) is 11.1 Å². The number of hydrogen-bond acceptors (Lipinski definition) is 5. The first-order valence-corrected chi connectivity index (χ1v) is 6.36. The molecular weight excluding hydrogens is 258 g/mol. The van der Waals surface area contributed by atoms with Crippen molar-refractivity contribution in [1.29, 1.82) is 0 Å². The third kappa shape index (κ3) is 4.13. The first-order valence-electron chi connectivity index (χ1n) is 6.36. The van der Waals surface area contributed by atoms with Gasteiger partial charge in [-0.15, -0.1) is 10.2 Å². The molecule has 2 N–H and O–H groups in total. The van der Waals surface area contributed by atoms with Gasteiger partial charge in [0, 0.05) is 12.1 Å². The van der Waals surface area contributed by atoms with Gasteiger partial charge in [0.1, 0.15) is 6.61 Å². The van der Waals surface area contributed by atoms with Crippen LogP contribution in [0.2, 0.25) is 0 Å². The summed E-state index contributed by atoms with van der Waals surface area (Å²) in [6.45, 7) is 4.29. The lowest BCUT2D eigenvalue weighted by Crippen LogP contribution is -2.28. The number of hydrogen-bond donors (Lipinski definition) is 2. The molecule has 1 amide bonds. The normalized spacial score (nSPS) is 10.8. The molecular formula is C13H17N5O2. The van der Waals surface area contributed by atoms with E-state index in [1.165, 1.54) is 0 Å². The molecule has 106 valence electrons. The summed E-state index contributed by atoms with van der Waals surface area (Å²) in [6, 6.07) is 7.61. The van der Waals surface area contributed by atoms with Crippen molar-refractivity contribution in [3.05, 3.63) is 29.8 Å². The minimum absolute atomic E-state index is 0.0438. The summed E-state index contributed by atoms with van der Waals surface area (Å²) in [5.41, 5.74) is 1.81. The van der Waals surface area contributed by atoms with Crippen LogP contribution in [0, 0.1) is 0 Å². The Labute approximate surface area is 116 Å². The first-order chi connectivity index (χ1) is 9.65. The Bertz CT molecular complexity index is 554. The molecule has 0 bridgehead atoms. The minimum atomic E-state index is -0.135. The van der Waals surface area contributed by atoms with Crippen LogP contribution in [-0.4, -0.2) is 39.2 Å². The average molecular weight is 275 g/mol. The van der Waals surface area contributed by atoms with E-state index in [1.807, 2.05) is 38.1 Å². The van der Waals surface area contributed by atoms with E-state index in [1.54, 1.807) is 0 Å². The van der Waals surface area contributed by atoms with Crippen molar-refractivity contribution in [3.8, 4) is 11.4 Å². The van der Waals surface area contributed by atoms with Crippen LogP contribution < -0.4 is 5.32 Å². The second-order valence-corrected chi connectivity index (χ2v) is 4.57. The maximum absolute atomic E-state index is 11.6. The van der Waals surface area contributed by atoms with Gasteiger partial charge >= 0.3 is 0 Å². The number of tetrazole rings is 1. The van der Waals surface area contributed by atoms with Crippen LogP contribution in [-0.2, 0) is 16.1 Å². The van der Waals surface area contributed by atoms with Gasteiger partial charge in [-0.3, -0.25) is 4.79 Å². The summed E-state index contributed by atoms with van der Waals surface area (Å²) in [7, 11) is 0. The van der Waals surface area contributed by atoms with E-state index in [4.69, 9.17) is 4.74 Å². The van der Waals surface area contributed by atoms with Crippen molar-refractivity contribution >= 4 is 5.91 Å². The number of rotatable bonds is 6. The summed E-state index contributed by atoms with van der Waals surface area (Å²) in [5, 5.41) is 16.6. The number of H-pyrrole nitrogens is 1. The number of aromatic nitrogens is 4. The summed E-state index contributed by atoms with van der Waals surface area (Å²) < 4.78 is 5.23. The smallest absolute Gasteiger partial charge is 0.246 e. The highest BCUT2D eigenvalue weighted by atomic mass is 16.5. The molecule has 0 aliphatic heterocycles. The fourth-order valence-corrected chi connectivity index (χ4v) is 1.60. The quantitative estimate of drug-likeness (QED) is 0.817. The van der Waals surface area contributed by atoms with Gasteiger partial charge in [-0.1, -0.05) is 18.2 Å². The molecule has 0 atom stereocenters. The molecule has 1 heterocycles. The topological polar surface area (TPSA) is 92.8 Å². The molecule has 0 aliphatic carbocycles. The molecule has 20 heavy (non-hydrogen) atoms. The van der Waals surface area contributed by atoms with E-state index in [2.05, 4.69) is 25.9 Å². The maximum atomic E-state index is 11.6. The first kappa shape index (κ1) is 14.1. The SMILES string of the molecule is CC(C)OCC(=O)NCc1cccc(-c2nn[nH]n2)c1. The van der Waals surface area contributed by atoms with E-state index in [9.17, 15) is 4.79 Å². The highest BCUT2D eigenvalue weighted by Crippen LogP contribution is 2.14. The predicted molar refractivity (Wildman–Crippen MR) is 72.5 cm³/mol. The standard InChI is InChI=1S/C13H17N5O2/c1-9(2)20-8-12(19)14-7-10-4-3-5-11(6-10)13-15-17-18-16-13/h3-6,9H,7-8H2,1-2H3,(H,14,19)(H,15,16,17,18). The molecule has 0 spiro atoms. The van der Waals surface area contributed by atoms with Gasteiger partial charge in [0.2, 0.25) is 11.7 Å². The summed E-state index contributed by atoms with van der Waals surface area (Å²) in [4.78, 5) is 11.6. The van der Waals surface area contributed by atoms with Crippen LogP contribution in [0.1, 0.15) is 19.4 Å². The highest BCUT2D eigenvalue weighted by molar-refractivity contribution is 5.77. The number of nitrogens with zero attached hydrogens (tertiary/aromatic N) is 3. The van der Waals surface area contributed by atoms with E-state index in [0.29, 0.717) is 12.4 Å². The number of ether oxygens (including phenoxy) is 1. The summed E-state index contributed by atoms with van der Waals surface area (Å²) in [6.07, 6.45) is 0.0438. The van der Waals surface area contributed by atoms with Gasteiger partial charge in [0.25, 0.3) is 0 Å². The lowest BCUT2D eigenvalue weighted by Gasteiger charge is -2.08. The van der Waals surface area contributed by atoms with E-state index >= 15 is 0 Å². The Morgan fingerprint density at radius 3 is 3.00 bits per heavy atom. The maximum Gasteiger partial charge on any atom is 0.246 e. The van der Waals surface area contributed by atoms with Crippen LogP contribution in [0.5, 0.6) is 0 Å². The molecule has 0 saturated carbocycles. The Morgan fingerprint density at radius 1 is 1.45 bits per heavy atom. The number of nitrogens with one attached hydrogen (secondary N) is 2. The second kappa shape index (κ2) is 6.76. The molecule has 1 aromatic carbocycles. The molecule has 0 radical (unpaired) electrons. The highest BCUT2D eigenvalue weighted by Gasteiger charge is 2.06. The number of aromatic amines is 1. The zero-order valence-electron chi connectivity index (χ0n) is 11.5. The van der Waals surface area contributed by atoms with Gasteiger partial charge in [-0.25, -0.2) is 0 Å². The van der Waals surface area contributed by atoms with Crippen LogP contribution in [0.4, 0.5) is 0 Å². The van der Waals surface area contributed by atoms with Crippen molar-refractivity contribution in [1.82, 2.24) is 25.9 Å². The Hall–Kier alpha value is -2.28. The molecule has 0 unspecified atom stereocenters. The van der Waals surface area contributed by atoms with Gasteiger partial charge in [0.15, 0.2) is 0 Å². The van der Waals surface area contributed by atoms with Crippen molar-refractivity contribution < 1.29 is 9.53 Å². The largest absolute Gasteiger partial charge is 0.369 e. The lowest BCUT2D eigenvalue weighted by atomic mass is 10.1. The minimum Gasteiger partial charge on any atom is -0.369 e. The third-order valence-corrected chi connectivity index (χ3v) is 2.57. The summed E-state index contributed by atoms with van der Waals surface area (Å²) >= 11 is 0. The van der Waals surface area contributed by atoms with Crippen molar-refractivity contribution in [2.24, 2.45) is 0 Å².